The van der Waals surface area contributed by atoms with Crippen LogP contribution in [0.1, 0.15) is 49.4 Å². The number of carbonyl (C=O) groups excluding carboxylic acids is 1. The molecule has 0 aliphatic heterocycles. The van der Waals surface area contributed by atoms with Gasteiger partial charge in [0.2, 0.25) is 0 Å². The van der Waals surface area contributed by atoms with Crippen molar-refractivity contribution in [3.8, 4) is 11.5 Å². The van der Waals surface area contributed by atoms with E-state index in [4.69, 9.17) is 32.7 Å². The third-order valence-electron chi connectivity index (χ3n) is 4.34. The minimum Gasteiger partial charge on any atom is -0.496 e. The second-order valence-electron chi connectivity index (χ2n) is 6.76. The summed E-state index contributed by atoms with van der Waals surface area (Å²) in [5, 5.41) is 3.85. The Hall–Kier alpha value is -1.91. The van der Waals surface area contributed by atoms with Gasteiger partial charge in [-0.1, -0.05) is 37.0 Å². The van der Waals surface area contributed by atoms with E-state index in [0.29, 0.717) is 21.7 Å². The van der Waals surface area contributed by atoms with Crippen LogP contribution in [0, 0.1) is 6.92 Å². The first-order valence-electron chi connectivity index (χ1n) is 8.78. The zero-order valence-corrected chi connectivity index (χ0v) is 17.7. The van der Waals surface area contributed by atoms with E-state index >= 15 is 0 Å². The van der Waals surface area contributed by atoms with Gasteiger partial charge in [0.25, 0.3) is 5.91 Å². The molecule has 0 spiro atoms. The number of benzene rings is 2. The number of methoxy groups -OCH3 is 1. The molecule has 1 amide bonds. The Morgan fingerprint density at radius 2 is 1.78 bits per heavy atom. The lowest BCUT2D eigenvalue weighted by atomic mass is 9.93. The summed E-state index contributed by atoms with van der Waals surface area (Å²) in [6.45, 7) is 8.06. The van der Waals surface area contributed by atoms with Crippen molar-refractivity contribution >= 4 is 29.1 Å². The Balaban J connectivity index is 2.06. The molecule has 0 heterocycles. The van der Waals surface area contributed by atoms with Gasteiger partial charge in [-0.15, -0.1) is 0 Å². The predicted molar refractivity (Wildman–Crippen MR) is 110 cm³/mol. The summed E-state index contributed by atoms with van der Waals surface area (Å²) in [6.07, 6.45) is 0. The Bertz CT molecular complexity index is 821. The molecule has 146 valence electrons. The lowest BCUT2D eigenvalue weighted by Gasteiger charge is -2.21. The van der Waals surface area contributed by atoms with E-state index in [1.165, 1.54) is 0 Å². The highest BCUT2D eigenvalue weighted by Gasteiger charge is 2.17. The average molecular weight is 410 g/mol. The Morgan fingerprint density at radius 3 is 2.37 bits per heavy atom. The van der Waals surface area contributed by atoms with E-state index in [1.807, 2.05) is 19.9 Å². The molecule has 4 nitrogen and oxygen atoms in total. The molecular weight excluding hydrogens is 385 g/mol. The molecule has 0 bridgehead atoms. The monoisotopic (exact) mass is 409 g/mol. The van der Waals surface area contributed by atoms with Crippen LogP contribution in [0.25, 0.3) is 0 Å². The number of carbonyl (C=O) groups is 1. The van der Waals surface area contributed by atoms with Gasteiger partial charge < -0.3 is 14.8 Å². The third kappa shape index (κ3) is 5.53. The van der Waals surface area contributed by atoms with E-state index in [1.54, 1.807) is 25.3 Å². The standard InChI is InChI=1S/C21H25Cl2NO3/c1-12(2)16-10-17(13(3)8-20(16)26-5)14(4)24-21(25)11-27-19-7-6-15(22)9-18(19)23/h6-10,12,14H,11H2,1-5H3,(H,24,25). The fraction of sp³-hybridized carbons (Fsp3) is 0.381. The molecule has 2 rings (SSSR count). The third-order valence-corrected chi connectivity index (χ3v) is 4.87. The van der Waals surface area contributed by atoms with Crippen LogP contribution in [-0.2, 0) is 4.79 Å². The van der Waals surface area contributed by atoms with Gasteiger partial charge in [0.1, 0.15) is 11.5 Å². The maximum absolute atomic E-state index is 12.3. The second-order valence-corrected chi connectivity index (χ2v) is 7.60. The van der Waals surface area contributed by atoms with Crippen LogP contribution in [0.5, 0.6) is 11.5 Å². The summed E-state index contributed by atoms with van der Waals surface area (Å²) >= 11 is 11.9. The van der Waals surface area contributed by atoms with E-state index in [2.05, 4.69) is 25.2 Å². The summed E-state index contributed by atoms with van der Waals surface area (Å²) in [4.78, 5) is 12.3. The molecule has 0 fully saturated rings. The van der Waals surface area contributed by atoms with Gasteiger partial charge in [-0.25, -0.2) is 0 Å². The minimum atomic E-state index is -0.227. The first kappa shape index (κ1) is 21.4. The Kier molecular flexibility index (Phi) is 7.40. The summed E-state index contributed by atoms with van der Waals surface area (Å²) < 4.78 is 11.0. The highest BCUT2D eigenvalue weighted by molar-refractivity contribution is 6.35. The number of hydrogen-bond acceptors (Lipinski definition) is 3. The number of ether oxygens (including phenoxy) is 2. The van der Waals surface area contributed by atoms with E-state index < -0.39 is 0 Å². The smallest absolute Gasteiger partial charge is 0.258 e. The molecule has 0 aromatic heterocycles. The molecule has 6 heteroatoms. The predicted octanol–water partition coefficient (Wildman–Crippen LogP) is 5.69. The minimum absolute atomic E-state index is 0.127. The molecule has 0 aliphatic rings. The number of halogens is 2. The van der Waals surface area contributed by atoms with Crippen LogP contribution in [0.3, 0.4) is 0 Å². The SMILES string of the molecule is COc1cc(C)c(C(C)NC(=O)COc2ccc(Cl)cc2Cl)cc1C(C)C. The molecule has 0 radical (unpaired) electrons. The average Bonchev–Trinajstić information content (AvgIpc) is 2.60. The van der Waals surface area contributed by atoms with Crippen molar-refractivity contribution < 1.29 is 14.3 Å². The first-order chi connectivity index (χ1) is 12.7. The molecule has 1 N–H and O–H groups in total. The van der Waals surface area contributed by atoms with Crippen LogP contribution in [0.2, 0.25) is 10.0 Å². The maximum Gasteiger partial charge on any atom is 0.258 e. The molecular formula is C21H25Cl2NO3. The van der Waals surface area contributed by atoms with Gasteiger partial charge >= 0.3 is 0 Å². The summed E-state index contributed by atoms with van der Waals surface area (Å²) in [6, 6.07) is 8.83. The molecule has 2 aromatic carbocycles. The van der Waals surface area contributed by atoms with Crippen molar-refractivity contribution in [3.63, 3.8) is 0 Å². The molecule has 0 saturated heterocycles. The Morgan fingerprint density at radius 1 is 1.07 bits per heavy atom. The van der Waals surface area contributed by atoms with Crippen molar-refractivity contribution in [1.82, 2.24) is 5.32 Å². The highest BCUT2D eigenvalue weighted by atomic mass is 35.5. The van der Waals surface area contributed by atoms with E-state index in [0.717, 1.165) is 22.4 Å². The van der Waals surface area contributed by atoms with E-state index in [-0.39, 0.29) is 18.6 Å². The fourth-order valence-electron chi connectivity index (χ4n) is 2.91. The lowest BCUT2D eigenvalue weighted by Crippen LogP contribution is -2.31. The molecule has 2 aromatic rings. The van der Waals surface area contributed by atoms with Gasteiger partial charge in [0.15, 0.2) is 6.61 Å². The van der Waals surface area contributed by atoms with Gasteiger partial charge in [-0.3, -0.25) is 4.79 Å². The van der Waals surface area contributed by atoms with Crippen LogP contribution in [0.4, 0.5) is 0 Å². The molecule has 0 aliphatic carbocycles. The molecule has 0 saturated carbocycles. The van der Waals surface area contributed by atoms with Crippen LogP contribution >= 0.6 is 23.2 Å². The summed E-state index contributed by atoms with van der Waals surface area (Å²) in [5.74, 6) is 1.38. The van der Waals surface area contributed by atoms with Crippen molar-refractivity contribution in [2.45, 2.75) is 39.7 Å². The highest BCUT2D eigenvalue weighted by Crippen LogP contribution is 2.32. The largest absolute Gasteiger partial charge is 0.496 e. The van der Waals surface area contributed by atoms with Crippen LogP contribution in [0.15, 0.2) is 30.3 Å². The Labute approximate surface area is 170 Å². The number of rotatable bonds is 7. The van der Waals surface area contributed by atoms with E-state index in [9.17, 15) is 4.79 Å². The van der Waals surface area contributed by atoms with Gasteiger partial charge in [-0.05, 0) is 66.8 Å². The van der Waals surface area contributed by atoms with Gasteiger partial charge in [-0.2, -0.15) is 0 Å². The zero-order chi connectivity index (χ0) is 20.1. The normalized spacial score (nSPS) is 12.0. The quantitative estimate of drug-likeness (QED) is 0.638. The summed E-state index contributed by atoms with van der Waals surface area (Å²) in [7, 11) is 1.67. The maximum atomic E-state index is 12.3. The van der Waals surface area contributed by atoms with Crippen LogP contribution < -0.4 is 14.8 Å². The second kappa shape index (κ2) is 9.34. The first-order valence-corrected chi connectivity index (χ1v) is 9.54. The van der Waals surface area contributed by atoms with Gasteiger partial charge in [0.05, 0.1) is 18.2 Å². The molecule has 27 heavy (non-hydrogen) atoms. The number of amides is 1. The summed E-state index contributed by atoms with van der Waals surface area (Å²) in [5.41, 5.74) is 3.23. The van der Waals surface area contributed by atoms with Crippen LogP contribution in [-0.4, -0.2) is 19.6 Å². The van der Waals surface area contributed by atoms with Crippen molar-refractivity contribution in [2.24, 2.45) is 0 Å². The molecule has 1 atom stereocenters. The zero-order valence-electron chi connectivity index (χ0n) is 16.2. The topological polar surface area (TPSA) is 47.6 Å². The molecule has 1 unspecified atom stereocenters. The lowest BCUT2D eigenvalue weighted by molar-refractivity contribution is -0.123. The number of hydrogen-bond donors (Lipinski definition) is 1. The number of aryl methyl sites for hydroxylation is 1. The van der Waals surface area contributed by atoms with Crippen molar-refractivity contribution in [1.29, 1.82) is 0 Å². The van der Waals surface area contributed by atoms with Gasteiger partial charge in [0, 0.05) is 5.02 Å². The number of nitrogens with one attached hydrogen (secondary N) is 1. The van der Waals surface area contributed by atoms with Crippen molar-refractivity contribution in [3.05, 3.63) is 57.1 Å². The fourth-order valence-corrected chi connectivity index (χ4v) is 3.37. The van der Waals surface area contributed by atoms with Crippen molar-refractivity contribution in [2.75, 3.05) is 13.7 Å².